The van der Waals surface area contributed by atoms with Gasteiger partial charge in [-0.15, -0.1) is 5.10 Å². The summed E-state index contributed by atoms with van der Waals surface area (Å²) in [4.78, 5) is 0. The van der Waals surface area contributed by atoms with Crippen molar-refractivity contribution >= 4 is 10.8 Å². The number of para-hydroxylation sites is 2. The van der Waals surface area contributed by atoms with Gasteiger partial charge in [-0.25, -0.2) is 4.68 Å². The maximum absolute atomic E-state index is 12.9. The molecule has 0 radical (unpaired) electrons. The molecule has 1 aromatic heterocycles. The van der Waals surface area contributed by atoms with E-state index in [1.165, 1.54) is 0 Å². The maximum Gasteiger partial charge on any atom is 0.234 e. The van der Waals surface area contributed by atoms with Gasteiger partial charge < -0.3 is 14.2 Å². The molecule has 0 amide bonds. The third kappa shape index (κ3) is 4.64. The van der Waals surface area contributed by atoms with E-state index in [0.29, 0.717) is 18.7 Å². The van der Waals surface area contributed by atoms with Crippen LogP contribution < -0.4 is 14.2 Å². The van der Waals surface area contributed by atoms with Crippen molar-refractivity contribution in [3.05, 3.63) is 54.6 Å². The van der Waals surface area contributed by atoms with Crippen molar-refractivity contribution in [3.63, 3.8) is 0 Å². The molecule has 0 aliphatic carbocycles. The summed E-state index contributed by atoms with van der Waals surface area (Å²) >= 11 is 0. The Hall–Kier alpha value is -2.80. The Kier molecular flexibility index (Phi) is 6.27. The SMILES string of the molecule is COc1ccc(-c2cc(OC3CC(C)(C)S(=O)C(C)(C)C3)nn2-c2ccccc2OC)cc1. The number of benzene rings is 2. The normalized spacial score (nSPS) is 21.4. The smallest absolute Gasteiger partial charge is 0.234 e. The first-order valence-electron chi connectivity index (χ1n) is 11.1. The minimum atomic E-state index is -0.940. The van der Waals surface area contributed by atoms with Crippen LogP contribution in [0.3, 0.4) is 0 Å². The summed E-state index contributed by atoms with van der Waals surface area (Å²) in [6.45, 7) is 8.21. The highest BCUT2D eigenvalue weighted by Gasteiger charge is 2.46. The van der Waals surface area contributed by atoms with Crippen molar-refractivity contribution in [1.82, 2.24) is 9.78 Å². The number of nitrogens with zero attached hydrogens (tertiary/aromatic N) is 2. The Balaban J connectivity index is 1.74. The predicted molar refractivity (Wildman–Crippen MR) is 132 cm³/mol. The molecular formula is C26H32N2O4S. The fourth-order valence-electron chi connectivity index (χ4n) is 4.69. The van der Waals surface area contributed by atoms with Gasteiger partial charge in [0.25, 0.3) is 0 Å². The molecule has 7 heteroatoms. The van der Waals surface area contributed by atoms with E-state index in [4.69, 9.17) is 19.3 Å². The molecule has 1 aliphatic rings. The van der Waals surface area contributed by atoms with Crippen LogP contribution in [0.4, 0.5) is 0 Å². The summed E-state index contributed by atoms with van der Waals surface area (Å²) in [6, 6.07) is 17.6. The van der Waals surface area contributed by atoms with Gasteiger partial charge >= 0.3 is 0 Å². The summed E-state index contributed by atoms with van der Waals surface area (Å²) in [6.07, 6.45) is 1.35. The number of ether oxygens (including phenoxy) is 3. The van der Waals surface area contributed by atoms with Crippen molar-refractivity contribution < 1.29 is 18.4 Å². The zero-order valence-corrected chi connectivity index (χ0v) is 20.9. The van der Waals surface area contributed by atoms with Crippen LogP contribution in [0.1, 0.15) is 40.5 Å². The average Bonchev–Trinajstić information content (AvgIpc) is 3.20. The Morgan fingerprint density at radius 2 is 1.58 bits per heavy atom. The van der Waals surface area contributed by atoms with Crippen LogP contribution in [0.15, 0.2) is 54.6 Å². The van der Waals surface area contributed by atoms with Gasteiger partial charge in [-0.3, -0.25) is 4.21 Å². The van der Waals surface area contributed by atoms with Gasteiger partial charge in [0.2, 0.25) is 5.88 Å². The monoisotopic (exact) mass is 468 g/mol. The molecule has 2 aromatic carbocycles. The number of aromatic nitrogens is 2. The molecule has 0 atom stereocenters. The van der Waals surface area contributed by atoms with Crippen molar-refractivity contribution in [1.29, 1.82) is 0 Å². The van der Waals surface area contributed by atoms with Gasteiger partial charge in [0.15, 0.2) is 0 Å². The van der Waals surface area contributed by atoms with E-state index in [1.54, 1.807) is 14.2 Å². The first kappa shape index (κ1) is 23.4. The number of hydrogen-bond acceptors (Lipinski definition) is 5. The van der Waals surface area contributed by atoms with Crippen LogP contribution in [0.5, 0.6) is 17.4 Å². The van der Waals surface area contributed by atoms with Crippen molar-refractivity contribution in [3.8, 4) is 34.3 Å². The molecular weight excluding hydrogens is 436 g/mol. The van der Waals surface area contributed by atoms with Crippen LogP contribution in [0, 0.1) is 0 Å². The summed E-state index contributed by atoms with van der Waals surface area (Å²) in [5.41, 5.74) is 2.69. The quantitative estimate of drug-likeness (QED) is 0.484. The van der Waals surface area contributed by atoms with Crippen LogP contribution in [0.25, 0.3) is 16.9 Å². The molecule has 6 nitrogen and oxygen atoms in total. The molecule has 0 saturated carbocycles. The number of hydrogen-bond donors (Lipinski definition) is 0. The lowest BCUT2D eigenvalue weighted by Crippen LogP contribution is -2.51. The molecule has 4 rings (SSSR count). The zero-order chi connectivity index (χ0) is 23.8. The first-order valence-corrected chi connectivity index (χ1v) is 12.3. The Labute approximate surface area is 198 Å². The standard InChI is InChI=1S/C26H32N2O4S/c1-25(2)16-20(17-26(3,4)33(25)29)32-24-15-22(18-11-13-19(30-5)14-12-18)28(27-24)21-9-7-8-10-23(21)31-6/h7-15,20H,16-17H2,1-6H3. The van der Waals surface area contributed by atoms with Crippen molar-refractivity contribution in [2.75, 3.05) is 14.2 Å². The van der Waals surface area contributed by atoms with Crippen LogP contribution in [-0.2, 0) is 10.8 Å². The summed E-state index contributed by atoms with van der Waals surface area (Å²) < 4.78 is 31.5. The van der Waals surface area contributed by atoms with E-state index in [-0.39, 0.29) is 15.6 Å². The molecule has 33 heavy (non-hydrogen) atoms. The lowest BCUT2D eigenvalue weighted by molar-refractivity contribution is 0.142. The summed E-state index contributed by atoms with van der Waals surface area (Å²) in [5, 5.41) is 4.82. The zero-order valence-electron chi connectivity index (χ0n) is 20.1. The van der Waals surface area contributed by atoms with Gasteiger partial charge in [-0.1, -0.05) is 12.1 Å². The minimum Gasteiger partial charge on any atom is -0.497 e. The van der Waals surface area contributed by atoms with Gasteiger partial charge in [0.05, 0.1) is 19.9 Å². The molecule has 0 N–H and O–H groups in total. The highest BCUT2D eigenvalue weighted by molar-refractivity contribution is 7.87. The third-order valence-electron chi connectivity index (χ3n) is 6.12. The molecule has 1 fully saturated rings. The third-order valence-corrected chi connectivity index (χ3v) is 8.46. The second-order valence-electron chi connectivity index (χ2n) is 9.62. The summed E-state index contributed by atoms with van der Waals surface area (Å²) in [7, 11) is 2.37. The van der Waals surface area contributed by atoms with Crippen LogP contribution >= 0.6 is 0 Å². The van der Waals surface area contributed by atoms with Gasteiger partial charge in [0.1, 0.15) is 23.3 Å². The Bertz CT molecular complexity index is 1130. The number of rotatable bonds is 6. The molecule has 3 aromatic rings. The van der Waals surface area contributed by atoms with Crippen LogP contribution in [-0.4, -0.2) is 43.8 Å². The molecule has 0 bridgehead atoms. The predicted octanol–water partition coefficient (Wildman–Crippen LogP) is 5.40. The molecule has 176 valence electrons. The van der Waals surface area contributed by atoms with E-state index < -0.39 is 10.8 Å². The van der Waals surface area contributed by atoms with E-state index in [1.807, 2.05) is 59.3 Å². The Morgan fingerprint density at radius 3 is 2.18 bits per heavy atom. The van der Waals surface area contributed by atoms with E-state index in [2.05, 4.69) is 27.7 Å². The molecule has 2 heterocycles. The largest absolute Gasteiger partial charge is 0.497 e. The maximum atomic E-state index is 12.9. The van der Waals surface area contributed by atoms with Crippen molar-refractivity contribution in [2.24, 2.45) is 0 Å². The highest BCUT2D eigenvalue weighted by atomic mass is 32.2. The van der Waals surface area contributed by atoms with Gasteiger partial charge in [0, 0.05) is 44.8 Å². The van der Waals surface area contributed by atoms with Gasteiger partial charge in [-0.05, 0) is 64.1 Å². The molecule has 0 unspecified atom stereocenters. The topological polar surface area (TPSA) is 62.6 Å². The fourth-order valence-corrected chi connectivity index (χ4v) is 6.87. The van der Waals surface area contributed by atoms with E-state index in [0.717, 1.165) is 28.4 Å². The first-order chi connectivity index (χ1) is 15.6. The second kappa shape index (κ2) is 8.86. The molecule has 0 spiro atoms. The fraction of sp³-hybridized carbons (Fsp3) is 0.423. The van der Waals surface area contributed by atoms with Crippen LogP contribution in [0.2, 0.25) is 0 Å². The van der Waals surface area contributed by atoms with E-state index >= 15 is 0 Å². The molecule has 1 aliphatic heterocycles. The average molecular weight is 469 g/mol. The molecule has 1 saturated heterocycles. The summed E-state index contributed by atoms with van der Waals surface area (Å²) in [5.74, 6) is 2.05. The minimum absolute atomic E-state index is 0.0718. The van der Waals surface area contributed by atoms with Gasteiger partial charge in [-0.2, -0.15) is 0 Å². The number of methoxy groups -OCH3 is 2. The van der Waals surface area contributed by atoms with Crippen molar-refractivity contribution in [2.45, 2.75) is 56.1 Å². The Morgan fingerprint density at radius 1 is 0.939 bits per heavy atom. The van der Waals surface area contributed by atoms with E-state index in [9.17, 15) is 4.21 Å². The lowest BCUT2D eigenvalue weighted by atomic mass is 9.95. The highest BCUT2D eigenvalue weighted by Crippen LogP contribution is 2.40. The second-order valence-corrected chi connectivity index (χ2v) is 12.4. The lowest BCUT2D eigenvalue weighted by Gasteiger charge is -2.43.